The van der Waals surface area contributed by atoms with Crippen molar-refractivity contribution in [2.45, 2.75) is 43.8 Å². The third-order valence-electron chi connectivity index (χ3n) is 1.48. The SMILES string of the molecule is CCCCCC[CH2][Ti](=[O])[O-]. The fourth-order valence-corrected chi connectivity index (χ4v) is 1.71. The predicted molar refractivity (Wildman–Crippen MR) is 34.3 cm³/mol. The summed E-state index contributed by atoms with van der Waals surface area (Å²) in [5, 5.41) is 0. The summed E-state index contributed by atoms with van der Waals surface area (Å²) < 4.78 is 20.8. The first-order chi connectivity index (χ1) is 4.77. The molecule has 0 aliphatic rings. The normalized spacial score (nSPS) is 9.80. The van der Waals surface area contributed by atoms with Crippen LogP contribution in [0.2, 0.25) is 4.73 Å². The van der Waals surface area contributed by atoms with Crippen molar-refractivity contribution in [2.75, 3.05) is 0 Å². The molecule has 0 radical (unpaired) electrons. The van der Waals surface area contributed by atoms with E-state index in [1.54, 1.807) is 0 Å². The standard InChI is InChI=1S/C7H15.2O.Ti/c1-3-5-7-6-4-2;;;/h1,3-7H2,2H3;;;/q;;-1;. The van der Waals surface area contributed by atoms with Crippen molar-refractivity contribution in [3.05, 3.63) is 0 Å². The van der Waals surface area contributed by atoms with Crippen molar-refractivity contribution in [3.8, 4) is 0 Å². The second-order valence-electron chi connectivity index (χ2n) is 2.54. The van der Waals surface area contributed by atoms with Gasteiger partial charge in [0.25, 0.3) is 0 Å². The average Bonchev–Trinajstić information content (AvgIpc) is 1.87. The molecular weight excluding hydrogens is 164 g/mol. The van der Waals surface area contributed by atoms with Crippen molar-refractivity contribution in [3.63, 3.8) is 0 Å². The van der Waals surface area contributed by atoms with Gasteiger partial charge in [0.1, 0.15) is 0 Å². The van der Waals surface area contributed by atoms with Gasteiger partial charge in [0.2, 0.25) is 0 Å². The Balaban J connectivity index is 2.84. The van der Waals surface area contributed by atoms with E-state index in [1.165, 1.54) is 19.3 Å². The van der Waals surface area contributed by atoms with E-state index < -0.39 is 18.2 Å². The van der Waals surface area contributed by atoms with Gasteiger partial charge in [0, 0.05) is 0 Å². The molecule has 0 saturated heterocycles. The summed E-state index contributed by atoms with van der Waals surface area (Å²) in [6.07, 6.45) is 5.64. The van der Waals surface area contributed by atoms with E-state index in [9.17, 15) is 7.01 Å². The summed E-state index contributed by atoms with van der Waals surface area (Å²) in [5.41, 5.74) is 0. The molecule has 0 aliphatic carbocycles. The molecule has 0 saturated carbocycles. The Morgan fingerprint density at radius 1 is 1.20 bits per heavy atom. The number of hydrogen-bond acceptors (Lipinski definition) is 2. The number of unbranched alkanes of at least 4 members (excludes halogenated alkanes) is 4. The quantitative estimate of drug-likeness (QED) is 0.459. The van der Waals surface area contributed by atoms with Crippen LogP contribution in [-0.4, -0.2) is 0 Å². The third kappa shape index (κ3) is 8.47. The molecular formula is C7H15O2Ti-. The van der Waals surface area contributed by atoms with E-state index in [-0.39, 0.29) is 0 Å². The van der Waals surface area contributed by atoms with Gasteiger partial charge in [-0.2, -0.15) is 0 Å². The first-order valence-corrected chi connectivity index (χ1v) is 6.35. The summed E-state index contributed by atoms with van der Waals surface area (Å²) in [7, 11) is 0. The zero-order valence-corrected chi connectivity index (χ0v) is 8.12. The molecule has 0 N–H and O–H groups in total. The molecule has 0 heterocycles. The third-order valence-corrected chi connectivity index (χ3v) is 2.67. The van der Waals surface area contributed by atoms with Gasteiger partial charge >= 0.3 is 69.0 Å². The van der Waals surface area contributed by atoms with Gasteiger partial charge in [-0.15, -0.1) is 0 Å². The van der Waals surface area contributed by atoms with Crippen LogP contribution in [0.15, 0.2) is 0 Å². The van der Waals surface area contributed by atoms with E-state index in [0.29, 0.717) is 4.73 Å². The average molecular weight is 179 g/mol. The monoisotopic (exact) mass is 179 g/mol. The second kappa shape index (κ2) is 7.58. The van der Waals surface area contributed by atoms with Crippen LogP contribution in [0.4, 0.5) is 0 Å². The van der Waals surface area contributed by atoms with E-state index >= 15 is 0 Å². The molecule has 0 unspecified atom stereocenters. The predicted octanol–water partition coefficient (Wildman–Crippen LogP) is 1.61. The molecule has 0 atom stereocenters. The van der Waals surface area contributed by atoms with Crippen LogP contribution >= 0.6 is 0 Å². The van der Waals surface area contributed by atoms with E-state index in [4.69, 9.17) is 0 Å². The first kappa shape index (κ1) is 10.5. The van der Waals surface area contributed by atoms with Crippen molar-refractivity contribution < 1.29 is 25.2 Å². The second-order valence-corrected chi connectivity index (χ2v) is 4.48. The van der Waals surface area contributed by atoms with E-state index in [1.807, 2.05) is 0 Å². The summed E-state index contributed by atoms with van der Waals surface area (Å²) in [6.45, 7) is 2.15. The summed E-state index contributed by atoms with van der Waals surface area (Å²) >= 11 is -2.95. The van der Waals surface area contributed by atoms with Crippen molar-refractivity contribution >= 4 is 0 Å². The van der Waals surface area contributed by atoms with Crippen LogP contribution in [-0.2, 0) is 21.6 Å². The first-order valence-electron chi connectivity index (χ1n) is 3.97. The molecule has 0 aromatic carbocycles. The maximum atomic E-state index is 10.2. The topological polar surface area (TPSA) is 40.1 Å². The van der Waals surface area contributed by atoms with Crippen LogP contribution in [0.1, 0.15) is 39.0 Å². The van der Waals surface area contributed by atoms with Gasteiger partial charge in [0.05, 0.1) is 0 Å². The minimum atomic E-state index is -2.95. The van der Waals surface area contributed by atoms with Gasteiger partial charge in [0.15, 0.2) is 0 Å². The molecule has 0 aliphatic heterocycles. The van der Waals surface area contributed by atoms with Gasteiger partial charge in [-0.05, 0) is 0 Å². The van der Waals surface area contributed by atoms with Crippen LogP contribution in [0, 0.1) is 0 Å². The van der Waals surface area contributed by atoms with Gasteiger partial charge < -0.3 is 0 Å². The van der Waals surface area contributed by atoms with Crippen LogP contribution in [0.25, 0.3) is 0 Å². The Kier molecular flexibility index (Phi) is 7.94. The molecule has 3 heteroatoms. The molecule has 0 aromatic heterocycles. The maximum absolute atomic E-state index is 10.2. The summed E-state index contributed by atoms with van der Waals surface area (Å²) in [4.78, 5) is 0. The van der Waals surface area contributed by atoms with Gasteiger partial charge in [-0.3, -0.25) is 0 Å². The Morgan fingerprint density at radius 3 is 2.30 bits per heavy atom. The molecule has 0 spiro atoms. The molecule has 0 aromatic rings. The Hall–Kier alpha value is 0.474. The molecule has 0 bridgehead atoms. The van der Waals surface area contributed by atoms with Crippen LogP contribution < -0.4 is 3.69 Å². The Labute approximate surface area is 69.3 Å². The molecule has 10 heavy (non-hydrogen) atoms. The molecule has 2 nitrogen and oxygen atoms in total. The van der Waals surface area contributed by atoms with Gasteiger partial charge in [-0.1, -0.05) is 0 Å². The van der Waals surface area contributed by atoms with Crippen LogP contribution in [0.3, 0.4) is 0 Å². The molecule has 0 amide bonds. The number of hydrogen-bond donors (Lipinski definition) is 0. The van der Waals surface area contributed by atoms with E-state index in [2.05, 4.69) is 6.92 Å². The van der Waals surface area contributed by atoms with Crippen molar-refractivity contribution in [1.29, 1.82) is 0 Å². The molecule has 0 rings (SSSR count). The Bertz CT molecular complexity index is 93.6. The van der Waals surface area contributed by atoms with Crippen molar-refractivity contribution in [1.82, 2.24) is 0 Å². The van der Waals surface area contributed by atoms with E-state index in [0.717, 1.165) is 12.8 Å². The minimum absolute atomic E-state index is 0.476. The summed E-state index contributed by atoms with van der Waals surface area (Å²) in [5.74, 6) is 0. The van der Waals surface area contributed by atoms with Crippen LogP contribution in [0.5, 0.6) is 0 Å². The summed E-state index contributed by atoms with van der Waals surface area (Å²) in [6, 6.07) is 0. The fraction of sp³-hybridized carbons (Fsp3) is 1.00. The van der Waals surface area contributed by atoms with Crippen molar-refractivity contribution in [2.24, 2.45) is 0 Å². The molecule has 0 fully saturated rings. The molecule has 60 valence electrons. The van der Waals surface area contributed by atoms with Gasteiger partial charge in [-0.25, -0.2) is 0 Å². The Morgan fingerprint density at radius 2 is 1.80 bits per heavy atom. The number of rotatable bonds is 6. The fourth-order valence-electron chi connectivity index (χ4n) is 0.873. The zero-order chi connectivity index (χ0) is 7.82. The zero-order valence-electron chi connectivity index (χ0n) is 6.56.